The Bertz CT molecular complexity index is 1350. The highest BCUT2D eigenvalue weighted by Gasteiger charge is 2.18. The molecule has 0 N–H and O–H groups in total. The number of rotatable bonds is 5. The van der Waals surface area contributed by atoms with Gasteiger partial charge in [0, 0.05) is 5.56 Å². The highest BCUT2D eigenvalue weighted by atomic mass is 19.2. The molecule has 3 heterocycles. The van der Waals surface area contributed by atoms with E-state index in [-0.39, 0.29) is 11.4 Å². The molecule has 9 heteroatoms. The maximum absolute atomic E-state index is 14.1. The van der Waals surface area contributed by atoms with Gasteiger partial charge < -0.3 is 4.74 Å². The predicted molar refractivity (Wildman–Crippen MR) is 113 cm³/mol. The minimum Gasteiger partial charge on any atom is -0.497 e. The van der Waals surface area contributed by atoms with E-state index in [4.69, 9.17) is 4.74 Å². The molecule has 0 radical (unpaired) electrons. The molecule has 32 heavy (non-hydrogen) atoms. The highest BCUT2D eigenvalue weighted by molar-refractivity contribution is 5.65. The molecule has 158 valence electrons. The first kappa shape index (κ1) is 19.7. The minimum absolute atomic E-state index is 0.00716. The van der Waals surface area contributed by atoms with E-state index in [1.165, 1.54) is 18.3 Å². The third-order valence-electron chi connectivity index (χ3n) is 4.94. The molecule has 0 saturated heterocycles. The second kappa shape index (κ2) is 8.10. The molecule has 7 nitrogen and oxygen atoms in total. The van der Waals surface area contributed by atoms with Crippen LogP contribution in [-0.2, 0) is 6.54 Å². The molecule has 0 unspecified atom stereocenters. The Morgan fingerprint density at radius 2 is 1.69 bits per heavy atom. The van der Waals surface area contributed by atoms with Crippen LogP contribution < -0.4 is 4.74 Å². The Labute approximate surface area is 181 Å². The van der Waals surface area contributed by atoms with Crippen LogP contribution in [0.15, 0.2) is 67.0 Å². The lowest BCUT2D eigenvalue weighted by Crippen LogP contribution is -2.07. The van der Waals surface area contributed by atoms with Gasteiger partial charge in [-0.1, -0.05) is 6.07 Å². The number of fused-ring (bicyclic) bond motifs is 1. The number of imidazole rings is 1. The third-order valence-corrected chi connectivity index (χ3v) is 4.94. The summed E-state index contributed by atoms with van der Waals surface area (Å²) in [4.78, 5) is 8.59. The van der Waals surface area contributed by atoms with Gasteiger partial charge in [0.2, 0.25) is 0 Å². The van der Waals surface area contributed by atoms with Crippen LogP contribution in [0.2, 0.25) is 0 Å². The number of ether oxygens (including phenoxy) is 1. The second-order valence-electron chi connectivity index (χ2n) is 7.03. The van der Waals surface area contributed by atoms with Crippen molar-refractivity contribution in [3.63, 3.8) is 0 Å². The SMILES string of the molecule is COc1ccc(-c2ccc(Cn3cc4nc(-c5cccc(F)c5F)nc-4cn3)nn2)cc1. The number of halogens is 2. The van der Waals surface area contributed by atoms with Gasteiger partial charge in [0.05, 0.1) is 43.0 Å². The molecule has 0 amide bonds. The first-order valence-electron chi connectivity index (χ1n) is 9.72. The molecular formula is C23H16F2N6O. The molecule has 0 fully saturated rings. The molecule has 0 saturated carbocycles. The van der Waals surface area contributed by atoms with Gasteiger partial charge in [-0.25, -0.2) is 18.7 Å². The van der Waals surface area contributed by atoms with Crippen molar-refractivity contribution in [3.05, 3.63) is 84.3 Å². The molecule has 2 aliphatic rings. The zero-order valence-electron chi connectivity index (χ0n) is 16.9. The molecule has 3 aromatic rings. The summed E-state index contributed by atoms with van der Waals surface area (Å²) in [5.74, 6) is -1.03. The van der Waals surface area contributed by atoms with Crippen molar-refractivity contribution in [2.45, 2.75) is 6.54 Å². The van der Waals surface area contributed by atoms with Crippen LogP contribution >= 0.6 is 0 Å². The third kappa shape index (κ3) is 3.76. The lowest BCUT2D eigenvalue weighted by Gasteiger charge is -2.07. The maximum Gasteiger partial charge on any atom is 0.169 e. The zero-order valence-corrected chi connectivity index (χ0v) is 16.9. The molecule has 5 rings (SSSR count). The van der Waals surface area contributed by atoms with Gasteiger partial charge in [-0.15, -0.1) is 0 Å². The predicted octanol–water partition coefficient (Wildman–Crippen LogP) is 4.24. The number of benzene rings is 2. The van der Waals surface area contributed by atoms with Gasteiger partial charge in [-0.2, -0.15) is 15.3 Å². The van der Waals surface area contributed by atoms with Crippen molar-refractivity contribution >= 4 is 0 Å². The summed E-state index contributed by atoms with van der Waals surface area (Å²) in [5.41, 5.74) is 3.39. The topological polar surface area (TPSA) is 78.6 Å². The molecule has 2 aliphatic heterocycles. The van der Waals surface area contributed by atoms with Gasteiger partial charge in [-0.05, 0) is 48.5 Å². The van der Waals surface area contributed by atoms with Crippen LogP contribution in [0.5, 0.6) is 5.75 Å². The Morgan fingerprint density at radius 3 is 2.44 bits per heavy atom. The van der Waals surface area contributed by atoms with Gasteiger partial charge in [0.1, 0.15) is 17.1 Å². The molecule has 0 bridgehead atoms. The number of nitrogens with zero attached hydrogens (tertiary/aromatic N) is 6. The summed E-state index contributed by atoms with van der Waals surface area (Å²) in [7, 11) is 1.62. The number of methoxy groups -OCH3 is 1. The monoisotopic (exact) mass is 430 g/mol. The molecule has 0 atom stereocenters. The van der Waals surface area contributed by atoms with Crippen LogP contribution in [0.4, 0.5) is 8.78 Å². The van der Waals surface area contributed by atoms with Crippen molar-refractivity contribution < 1.29 is 13.5 Å². The Hall–Kier alpha value is -4.27. The molecule has 1 aromatic heterocycles. The van der Waals surface area contributed by atoms with Gasteiger partial charge in [0.25, 0.3) is 0 Å². The zero-order chi connectivity index (χ0) is 22.1. The van der Waals surface area contributed by atoms with Crippen molar-refractivity contribution in [2.75, 3.05) is 7.11 Å². The largest absolute Gasteiger partial charge is 0.497 e. The average molecular weight is 430 g/mol. The fourth-order valence-corrected chi connectivity index (χ4v) is 3.27. The Kier molecular flexibility index (Phi) is 4.98. The number of hydrogen-bond acceptors (Lipinski definition) is 6. The molecule has 2 aromatic carbocycles. The van der Waals surface area contributed by atoms with E-state index >= 15 is 0 Å². The fourth-order valence-electron chi connectivity index (χ4n) is 3.27. The van der Waals surface area contributed by atoms with E-state index in [1.54, 1.807) is 18.0 Å². The van der Waals surface area contributed by atoms with E-state index in [9.17, 15) is 8.78 Å². The van der Waals surface area contributed by atoms with Crippen LogP contribution in [0.1, 0.15) is 5.69 Å². The Balaban J connectivity index is 1.37. The summed E-state index contributed by atoms with van der Waals surface area (Å²) < 4.78 is 34.4. The first-order chi connectivity index (χ1) is 15.6. The smallest absolute Gasteiger partial charge is 0.169 e. The summed E-state index contributed by atoms with van der Waals surface area (Å²) in [6, 6.07) is 15.2. The fraction of sp³-hybridized carbons (Fsp3) is 0.0870. The van der Waals surface area contributed by atoms with Crippen LogP contribution in [0.25, 0.3) is 34.0 Å². The van der Waals surface area contributed by atoms with E-state index < -0.39 is 11.6 Å². The normalized spacial score (nSPS) is 11.1. The summed E-state index contributed by atoms with van der Waals surface area (Å²) in [5, 5.41) is 12.9. The highest BCUT2D eigenvalue weighted by Crippen LogP contribution is 2.27. The second-order valence-corrected chi connectivity index (χ2v) is 7.03. The van der Waals surface area contributed by atoms with E-state index in [2.05, 4.69) is 25.3 Å². The van der Waals surface area contributed by atoms with E-state index in [1.807, 2.05) is 36.4 Å². The van der Waals surface area contributed by atoms with Gasteiger partial charge >= 0.3 is 0 Å². The van der Waals surface area contributed by atoms with Crippen molar-refractivity contribution in [2.24, 2.45) is 0 Å². The molecular weight excluding hydrogens is 414 g/mol. The number of hydrogen-bond donors (Lipinski definition) is 0. The van der Waals surface area contributed by atoms with Gasteiger partial charge in [-0.3, -0.25) is 4.68 Å². The average Bonchev–Trinajstić information content (AvgIpc) is 3.24. The lowest BCUT2D eigenvalue weighted by atomic mass is 10.1. The van der Waals surface area contributed by atoms with E-state index in [0.717, 1.165) is 23.1 Å². The Morgan fingerprint density at radius 1 is 0.875 bits per heavy atom. The molecule has 0 spiro atoms. The standard InChI is InChI=1S/C23H16F2N6O/c1-32-16-8-5-14(6-9-16)19-10-7-15(29-30-19)12-31-13-21-20(11-26-31)27-23(28-21)17-3-2-4-18(24)22(17)25/h2-11,13H,12H2,1H3. The number of aromatic nitrogens is 6. The van der Waals surface area contributed by atoms with Crippen LogP contribution in [0.3, 0.4) is 0 Å². The van der Waals surface area contributed by atoms with Crippen LogP contribution in [-0.4, -0.2) is 37.1 Å². The summed E-state index contributed by atoms with van der Waals surface area (Å²) >= 11 is 0. The maximum atomic E-state index is 14.1. The summed E-state index contributed by atoms with van der Waals surface area (Å²) in [6.45, 7) is 0.363. The minimum atomic E-state index is -0.976. The lowest BCUT2D eigenvalue weighted by molar-refractivity contribution is 0.415. The van der Waals surface area contributed by atoms with Crippen molar-refractivity contribution in [3.8, 4) is 39.8 Å². The van der Waals surface area contributed by atoms with Crippen molar-refractivity contribution in [1.82, 2.24) is 29.9 Å². The van der Waals surface area contributed by atoms with E-state index in [0.29, 0.717) is 23.6 Å². The molecule has 0 aliphatic carbocycles. The quantitative estimate of drug-likeness (QED) is 0.415. The first-order valence-corrected chi connectivity index (χ1v) is 9.72. The van der Waals surface area contributed by atoms with Gasteiger partial charge in [0.15, 0.2) is 17.5 Å². The summed E-state index contributed by atoms with van der Waals surface area (Å²) in [6.07, 6.45) is 3.21. The van der Waals surface area contributed by atoms with Crippen molar-refractivity contribution in [1.29, 1.82) is 0 Å². The van der Waals surface area contributed by atoms with Crippen LogP contribution in [0, 0.1) is 11.6 Å².